The van der Waals surface area contributed by atoms with Crippen LogP contribution in [-0.4, -0.2) is 40.0 Å². The standard InChI is InChI=1S/C15H20N4O/c1-10-7-16-8-11(2)19(10)9-14-17-13-6-4-3-5-12(13)15(20)18-14/h3-6,10-11,16H,7-9H2,1-2H3,(H,17,18,20). The number of H-pyrrole nitrogens is 1. The van der Waals surface area contributed by atoms with Crippen molar-refractivity contribution in [3.05, 3.63) is 40.4 Å². The SMILES string of the molecule is CC1CNCC(C)N1Cc1nc2ccccc2c(=O)[nH]1. The quantitative estimate of drug-likeness (QED) is 0.859. The Morgan fingerprint density at radius 3 is 2.70 bits per heavy atom. The number of hydrogen-bond acceptors (Lipinski definition) is 4. The number of aromatic amines is 1. The Bertz CT molecular complexity index is 656. The van der Waals surface area contributed by atoms with Gasteiger partial charge in [0, 0.05) is 25.2 Å². The van der Waals surface area contributed by atoms with E-state index in [4.69, 9.17) is 0 Å². The number of para-hydroxylation sites is 1. The van der Waals surface area contributed by atoms with Crippen LogP contribution in [0.1, 0.15) is 19.7 Å². The van der Waals surface area contributed by atoms with E-state index in [1.165, 1.54) is 0 Å². The third-order valence-electron chi connectivity index (χ3n) is 4.01. The molecule has 1 fully saturated rings. The molecule has 106 valence electrons. The van der Waals surface area contributed by atoms with E-state index in [2.05, 4.69) is 34.0 Å². The van der Waals surface area contributed by atoms with Crippen molar-refractivity contribution in [2.75, 3.05) is 13.1 Å². The summed E-state index contributed by atoms with van der Waals surface area (Å²) in [6, 6.07) is 8.35. The monoisotopic (exact) mass is 272 g/mol. The third kappa shape index (κ3) is 2.46. The molecule has 5 heteroatoms. The molecule has 0 aliphatic carbocycles. The molecule has 2 aromatic rings. The van der Waals surface area contributed by atoms with Crippen LogP contribution in [0.5, 0.6) is 0 Å². The zero-order chi connectivity index (χ0) is 14.1. The van der Waals surface area contributed by atoms with Crippen molar-refractivity contribution in [2.24, 2.45) is 0 Å². The fourth-order valence-corrected chi connectivity index (χ4v) is 2.86. The lowest BCUT2D eigenvalue weighted by molar-refractivity contribution is 0.105. The Morgan fingerprint density at radius 2 is 1.95 bits per heavy atom. The number of hydrogen-bond donors (Lipinski definition) is 2. The van der Waals surface area contributed by atoms with Crippen molar-refractivity contribution < 1.29 is 0 Å². The van der Waals surface area contributed by atoms with E-state index in [9.17, 15) is 4.79 Å². The first-order chi connectivity index (χ1) is 9.65. The molecule has 2 unspecified atom stereocenters. The second kappa shape index (κ2) is 5.34. The smallest absolute Gasteiger partial charge is 0.258 e. The van der Waals surface area contributed by atoms with E-state index in [1.807, 2.05) is 18.2 Å². The highest BCUT2D eigenvalue weighted by Gasteiger charge is 2.25. The lowest BCUT2D eigenvalue weighted by atomic mass is 10.1. The maximum absolute atomic E-state index is 12.1. The molecule has 0 bridgehead atoms. The van der Waals surface area contributed by atoms with Gasteiger partial charge < -0.3 is 10.3 Å². The Morgan fingerprint density at radius 1 is 1.25 bits per heavy atom. The van der Waals surface area contributed by atoms with Gasteiger partial charge in [-0.1, -0.05) is 12.1 Å². The largest absolute Gasteiger partial charge is 0.314 e. The van der Waals surface area contributed by atoms with E-state index in [-0.39, 0.29) is 5.56 Å². The number of piperazine rings is 1. The van der Waals surface area contributed by atoms with Crippen LogP contribution in [-0.2, 0) is 6.54 Å². The summed E-state index contributed by atoms with van der Waals surface area (Å²) in [5, 5.41) is 4.06. The number of aromatic nitrogens is 2. The maximum Gasteiger partial charge on any atom is 0.258 e. The van der Waals surface area contributed by atoms with E-state index in [0.29, 0.717) is 24.0 Å². The summed E-state index contributed by atoms with van der Waals surface area (Å²) in [7, 11) is 0. The predicted octanol–water partition coefficient (Wildman–Crippen LogP) is 1.11. The molecule has 1 aliphatic heterocycles. The normalized spacial score (nSPS) is 24.1. The number of rotatable bonds is 2. The van der Waals surface area contributed by atoms with Gasteiger partial charge in [-0.15, -0.1) is 0 Å². The van der Waals surface area contributed by atoms with Gasteiger partial charge in [-0.3, -0.25) is 9.69 Å². The zero-order valence-electron chi connectivity index (χ0n) is 11.9. The summed E-state index contributed by atoms with van der Waals surface area (Å²) in [6.45, 7) is 7.03. The Labute approximate surface area is 118 Å². The second-order valence-electron chi connectivity index (χ2n) is 5.56. The van der Waals surface area contributed by atoms with Crippen LogP contribution in [0.4, 0.5) is 0 Å². The molecule has 1 aromatic heterocycles. The average Bonchev–Trinajstić information content (AvgIpc) is 2.43. The van der Waals surface area contributed by atoms with E-state index >= 15 is 0 Å². The highest BCUT2D eigenvalue weighted by Crippen LogP contribution is 2.13. The van der Waals surface area contributed by atoms with Crippen LogP contribution >= 0.6 is 0 Å². The molecule has 0 amide bonds. The van der Waals surface area contributed by atoms with Crippen molar-refractivity contribution in [1.82, 2.24) is 20.2 Å². The van der Waals surface area contributed by atoms with Crippen molar-refractivity contribution in [3.8, 4) is 0 Å². The van der Waals surface area contributed by atoms with Gasteiger partial charge in [-0.05, 0) is 26.0 Å². The van der Waals surface area contributed by atoms with Crippen molar-refractivity contribution >= 4 is 10.9 Å². The Balaban J connectivity index is 1.92. The van der Waals surface area contributed by atoms with Crippen molar-refractivity contribution in [2.45, 2.75) is 32.5 Å². The first-order valence-corrected chi connectivity index (χ1v) is 7.09. The maximum atomic E-state index is 12.1. The van der Waals surface area contributed by atoms with Crippen molar-refractivity contribution in [1.29, 1.82) is 0 Å². The van der Waals surface area contributed by atoms with Gasteiger partial charge in [0.15, 0.2) is 0 Å². The molecule has 1 saturated heterocycles. The summed E-state index contributed by atoms with van der Waals surface area (Å²) >= 11 is 0. The summed E-state index contributed by atoms with van der Waals surface area (Å²) in [6.07, 6.45) is 0. The summed E-state index contributed by atoms with van der Waals surface area (Å²) in [4.78, 5) is 21.9. The number of nitrogens with zero attached hydrogens (tertiary/aromatic N) is 2. The van der Waals surface area contributed by atoms with Gasteiger partial charge >= 0.3 is 0 Å². The molecule has 20 heavy (non-hydrogen) atoms. The van der Waals surface area contributed by atoms with Gasteiger partial charge in [0.05, 0.1) is 17.4 Å². The summed E-state index contributed by atoms with van der Waals surface area (Å²) in [5.41, 5.74) is 0.711. The van der Waals surface area contributed by atoms with Crippen LogP contribution in [0.25, 0.3) is 10.9 Å². The second-order valence-corrected chi connectivity index (χ2v) is 5.56. The molecule has 2 N–H and O–H groups in total. The molecule has 1 aromatic carbocycles. The predicted molar refractivity (Wildman–Crippen MR) is 79.7 cm³/mol. The topological polar surface area (TPSA) is 61.0 Å². The molecule has 0 radical (unpaired) electrons. The van der Waals surface area contributed by atoms with Crippen LogP contribution < -0.4 is 10.9 Å². The van der Waals surface area contributed by atoms with Crippen LogP contribution in [0.15, 0.2) is 29.1 Å². The molecule has 1 aliphatic rings. The van der Waals surface area contributed by atoms with Gasteiger partial charge in [0.25, 0.3) is 5.56 Å². The van der Waals surface area contributed by atoms with Crippen LogP contribution in [0, 0.1) is 0 Å². The molecular formula is C15H20N4O. The Hall–Kier alpha value is -1.72. The third-order valence-corrected chi connectivity index (χ3v) is 4.01. The van der Waals surface area contributed by atoms with E-state index < -0.39 is 0 Å². The average molecular weight is 272 g/mol. The minimum atomic E-state index is -0.0546. The lowest BCUT2D eigenvalue weighted by Gasteiger charge is -2.39. The van der Waals surface area contributed by atoms with Gasteiger partial charge in [0.2, 0.25) is 0 Å². The fraction of sp³-hybridized carbons (Fsp3) is 0.467. The minimum Gasteiger partial charge on any atom is -0.314 e. The highest BCUT2D eigenvalue weighted by molar-refractivity contribution is 5.77. The molecule has 2 atom stereocenters. The molecular weight excluding hydrogens is 252 g/mol. The van der Waals surface area contributed by atoms with Crippen LogP contribution in [0.2, 0.25) is 0 Å². The van der Waals surface area contributed by atoms with Gasteiger partial charge in [0.1, 0.15) is 5.82 Å². The lowest BCUT2D eigenvalue weighted by Crippen LogP contribution is -2.54. The number of nitrogens with one attached hydrogen (secondary N) is 2. The van der Waals surface area contributed by atoms with E-state index in [1.54, 1.807) is 6.07 Å². The van der Waals surface area contributed by atoms with E-state index in [0.717, 1.165) is 24.4 Å². The minimum absolute atomic E-state index is 0.0546. The Kier molecular flexibility index (Phi) is 3.54. The molecule has 0 spiro atoms. The number of fused-ring (bicyclic) bond motifs is 1. The molecule has 3 rings (SSSR count). The highest BCUT2D eigenvalue weighted by atomic mass is 16.1. The summed E-state index contributed by atoms with van der Waals surface area (Å²) in [5.74, 6) is 0.745. The first kappa shape index (κ1) is 13.3. The molecule has 2 heterocycles. The zero-order valence-corrected chi connectivity index (χ0v) is 11.9. The van der Waals surface area contributed by atoms with Gasteiger partial charge in [-0.25, -0.2) is 4.98 Å². The molecule has 0 saturated carbocycles. The molecule has 5 nitrogen and oxygen atoms in total. The fourth-order valence-electron chi connectivity index (χ4n) is 2.86. The van der Waals surface area contributed by atoms with Crippen molar-refractivity contribution in [3.63, 3.8) is 0 Å². The number of benzene rings is 1. The van der Waals surface area contributed by atoms with Crippen LogP contribution in [0.3, 0.4) is 0 Å². The van der Waals surface area contributed by atoms with Gasteiger partial charge in [-0.2, -0.15) is 0 Å². The summed E-state index contributed by atoms with van der Waals surface area (Å²) < 4.78 is 0. The first-order valence-electron chi connectivity index (χ1n) is 7.09.